The Hall–Kier alpha value is -6.61. The maximum absolute atomic E-state index is 11.7. The molecule has 0 fully saturated rings. The number of anilines is 3. The summed E-state index contributed by atoms with van der Waals surface area (Å²) in [6.45, 7) is 4.04. The van der Waals surface area contributed by atoms with E-state index < -0.39 is 11.9 Å². The highest BCUT2D eigenvalue weighted by atomic mass is 16.4. The van der Waals surface area contributed by atoms with Gasteiger partial charge in [-0.25, -0.2) is 19.0 Å². The molecule has 0 radical (unpaired) electrons. The Bertz CT molecular complexity index is 1960. The van der Waals surface area contributed by atoms with Gasteiger partial charge in [-0.2, -0.15) is 44.7 Å². The highest BCUT2D eigenvalue weighted by Gasteiger charge is 2.24. The van der Waals surface area contributed by atoms with E-state index >= 15 is 0 Å². The van der Waals surface area contributed by atoms with Crippen molar-refractivity contribution in [3.8, 4) is 11.9 Å². The van der Waals surface area contributed by atoms with E-state index in [0.29, 0.717) is 24.2 Å². The van der Waals surface area contributed by atoms with Gasteiger partial charge in [0.15, 0.2) is 34.6 Å². The van der Waals surface area contributed by atoms with Crippen molar-refractivity contribution < 1.29 is 19.8 Å². The van der Waals surface area contributed by atoms with E-state index in [1.54, 1.807) is 21.1 Å². The van der Waals surface area contributed by atoms with Gasteiger partial charge >= 0.3 is 11.9 Å². The molecule has 50 heavy (non-hydrogen) atoms. The third-order valence-corrected chi connectivity index (χ3v) is 7.44. The van der Waals surface area contributed by atoms with Crippen molar-refractivity contribution in [2.75, 3.05) is 23.8 Å². The number of unbranched alkanes of at least 4 members (excludes halogenated alkanes) is 2. The predicted octanol–water partition coefficient (Wildman–Crippen LogP) is 3.83. The average molecular weight is 689 g/mol. The van der Waals surface area contributed by atoms with Gasteiger partial charge in [-0.3, -0.25) is 0 Å². The number of carboxylic acid groups (broad SMARTS) is 2. The van der Waals surface area contributed by atoms with Crippen LogP contribution in [0.2, 0.25) is 0 Å². The fourth-order valence-corrected chi connectivity index (χ4v) is 4.74. The minimum Gasteiger partial charge on any atom is -0.477 e. The van der Waals surface area contributed by atoms with E-state index in [4.69, 9.17) is 11.5 Å². The zero-order valence-electron chi connectivity index (χ0n) is 28.0. The molecule has 0 aliphatic carbocycles. The van der Waals surface area contributed by atoms with Gasteiger partial charge < -0.3 is 27.0 Å². The first-order valence-corrected chi connectivity index (χ1v) is 15.5. The zero-order chi connectivity index (χ0) is 36.1. The van der Waals surface area contributed by atoms with Crippen LogP contribution in [0.1, 0.15) is 71.6 Å². The standard InChI is InChI=1S/C28H36N18O4/c1-6-8-10-16-18(37-39-22-14(24(47)48)12-32-43(22)4)20(29)45(41-16)27-34-26(31-3)35-28(36-27)46-21(30)19(17(42-46)11-9-7-2)38-40-23-15(25(49)50)13-33-44(23)5/h12-13H,6-11,29-30H2,1-5H3,(H,47,48)(H,49,50)(H,31,34,35,36)/b39-37+,40-38+. The Balaban J connectivity index is 1.61. The van der Waals surface area contributed by atoms with Gasteiger partial charge in [0.2, 0.25) is 5.95 Å². The van der Waals surface area contributed by atoms with Crippen molar-refractivity contribution in [3.05, 3.63) is 34.9 Å². The number of rotatable bonds is 15. The lowest BCUT2D eigenvalue weighted by Crippen LogP contribution is -2.15. The van der Waals surface area contributed by atoms with Gasteiger partial charge in [0.25, 0.3) is 11.9 Å². The minimum atomic E-state index is -1.21. The lowest BCUT2D eigenvalue weighted by molar-refractivity contribution is 0.0686. The van der Waals surface area contributed by atoms with Crippen LogP contribution in [0.15, 0.2) is 32.9 Å². The highest BCUT2D eigenvalue weighted by Crippen LogP contribution is 2.34. The van der Waals surface area contributed by atoms with Crippen molar-refractivity contribution >= 4 is 52.5 Å². The van der Waals surface area contributed by atoms with E-state index in [1.807, 2.05) is 13.8 Å². The molecule has 5 aromatic heterocycles. The van der Waals surface area contributed by atoms with Crippen LogP contribution in [-0.4, -0.2) is 83.3 Å². The number of carbonyl (C=O) groups is 2. The summed E-state index contributed by atoms with van der Waals surface area (Å²) in [7, 11) is 4.71. The summed E-state index contributed by atoms with van der Waals surface area (Å²) < 4.78 is 5.13. The van der Waals surface area contributed by atoms with E-state index in [1.165, 1.54) is 31.1 Å². The number of aromatic carboxylic acids is 2. The zero-order valence-corrected chi connectivity index (χ0v) is 28.0. The summed E-state index contributed by atoms with van der Waals surface area (Å²) in [4.78, 5) is 36.9. The molecule has 262 valence electrons. The van der Waals surface area contributed by atoms with Gasteiger partial charge in [-0.05, 0) is 25.7 Å². The number of nitrogen functional groups attached to an aromatic ring is 2. The number of hydrogen-bond acceptors (Lipinski definition) is 16. The summed E-state index contributed by atoms with van der Waals surface area (Å²) in [6.07, 6.45) is 6.54. The summed E-state index contributed by atoms with van der Waals surface area (Å²) >= 11 is 0. The molecule has 0 saturated carbocycles. The maximum Gasteiger partial charge on any atom is 0.341 e. The summed E-state index contributed by atoms with van der Waals surface area (Å²) in [5, 5.41) is 56.1. The second-order valence-corrected chi connectivity index (χ2v) is 10.9. The molecule has 0 aliphatic rings. The molecule has 5 heterocycles. The largest absolute Gasteiger partial charge is 0.477 e. The van der Waals surface area contributed by atoms with E-state index in [2.05, 4.69) is 61.1 Å². The molecular formula is C28H36N18O4. The van der Waals surface area contributed by atoms with Crippen molar-refractivity contribution in [3.63, 3.8) is 0 Å². The predicted molar refractivity (Wildman–Crippen MR) is 178 cm³/mol. The summed E-state index contributed by atoms with van der Waals surface area (Å²) in [6, 6.07) is 0. The Morgan fingerprint density at radius 2 is 1.16 bits per heavy atom. The molecular weight excluding hydrogens is 652 g/mol. The van der Waals surface area contributed by atoms with Crippen molar-refractivity contribution in [1.29, 1.82) is 0 Å². The van der Waals surface area contributed by atoms with Gasteiger partial charge in [0.05, 0.1) is 23.8 Å². The second-order valence-electron chi connectivity index (χ2n) is 10.9. The van der Waals surface area contributed by atoms with Crippen molar-refractivity contribution in [1.82, 2.24) is 54.1 Å². The second kappa shape index (κ2) is 14.7. The first-order chi connectivity index (χ1) is 24.0. The van der Waals surface area contributed by atoms with Gasteiger partial charge in [-0.15, -0.1) is 20.5 Å². The molecule has 0 saturated heterocycles. The number of azo groups is 2. The van der Waals surface area contributed by atoms with Crippen LogP contribution in [0, 0.1) is 0 Å². The lowest BCUT2D eigenvalue weighted by Gasteiger charge is -2.08. The molecule has 5 rings (SSSR count). The van der Waals surface area contributed by atoms with Crippen LogP contribution in [-0.2, 0) is 26.9 Å². The average Bonchev–Trinajstić information content (AvgIpc) is 3.83. The molecule has 22 heteroatoms. The minimum absolute atomic E-state index is 0.00280. The number of aromatic nitrogens is 11. The third-order valence-electron chi connectivity index (χ3n) is 7.44. The van der Waals surface area contributed by atoms with Gasteiger partial charge in [0, 0.05) is 21.1 Å². The fraction of sp³-hybridized carbons (Fsp3) is 0.393. The molecule has 5 aromatic rings. The van der Waals surface area contributed by atoms with Crippen LogP contribution in [0.5, 0.6) is 0 Å². The molecule has 0 aromatic carbocycles. The summed E-state index contributed by atoms with van der Waals surface area (Å²) in [5.41, 5.74) is 14.3. The van der Waals surface area contributed by atoms with E-state index in [0.717, 1.165) is 25.7 Å². The summed E-state index contributed by atoms with van der Waals surface area (Å²) in [5.74, 6) is -2.17. The Morgan fingerprint density at radius 1 is 0.740 bits per heavy atom. The topological polar surface area (TPSA) is 298 Å². The van der Waals surface area contributed by atoms with E-state index in [-0.39, 0.29) is 63.6 Å². The molecule has 0 amide bonds. The van der Waals surface area contributed by atoms with Gasteiger partial charge in [-0.1, -0.05) is 26.7 Å². The lowest BCUT2D eigenvalue weighted by atomic mass is 10.2. The smallest absolute Gasteiger partial charge is 0.341 e. The van der Waals surface area contributed by atoms with Crippen LogP contribution in [0.3, 0.4) is 0 Å². The quantitative estimate of drug-likeness (QED) is 0.0977. The first kappa shape index (κ1) is 34.7. The molecule has 22 nitrogen and oxygen atoms in total. The van der Waals surface area contributed by atoms with Crippen LogP contribution < -0.4 is 16.8 Å². The van der Waals surface area contributed by atoms with E-state index in [9.17, 15) is 19.8 Å². The molecule has 0 bridgehead atoms. The fourth-order valence-electron chi connectivity index (χ4n) is 4.74. The molecule has 0 atom stereocenters. The number of nitrogens with zero attached hydrogens (tertiary/aromatic N) is 15. The van der Waals surface area contributed by atoms with Crippen molar-refractivity contribution in [2.24, 2.45) is 34.6 Å². The third kappa shape index (κ3) is 6.84. The number of carboxylic acids is 2. The maximum atomic E-state index is 11.7. The molecule has 0 aliphatic heterocycles. The highest BCUT2D eigenvalue weighted by molar-refractivity contribution is 5.92. The number of aryl methyl sites for hydroxylation is 4. The number of hydrogen-bond donors (Lipinski definition) is 5. The first-order valence-electron chi connectivity index (χ1n) is 15.5. The normalized spacial score (nSPS) is 11.7. The Kier molecular flexibility index (Phi) is 10.2. The molecule has 0 spiro atoms. The number of nitrogens with one attached hydrogen (secondary N) is 1. The van der Waals surface area contributed by atoms with Gasteiger partial charge in [0.1, 0.15) is 11.1 Å². The van der Waals surface area contributed by atoms with Crippen LogP contribution in [0.4, 0.5) is 40.6 Å². The van der Waals surface area contributed by atoms with Crippen LogP contribution in [0.25, 0.3) is 11.9 Å². The Labute approximate surface area is 284 Å². The molecule has 0 unspecified atom stereocenters. The van der Waals surface area contributed by atoms with Crippen LogP contribution >= 0.6 is 0 Å². The molecule has 7 N–H and O–H groups in total. The van der Waals surface area contributed by atoms with Crippen molar-refractivity contribution in [2.45, 2.75) is 52.4 Å². The SMILES string of the molecule is CCCCc1nn(-c2nc(NC)nc(-n3nc(CCCC)c(/N=N/c4c(C(=O)O)cnn4C)c3N)n2)c(N)c1/N=N/c1c(C(=O)O)cnn1C. The Morgan fingerprint density at radius 3 is 1.52 bits per heavy atom. The number of nitrogens with two attached hydrogens (primary N) is 2. The monoisotopic (exact) mass is 688 g/mol.